The van der Waals surface area contributed by atoms with Crippen molar-refractivity contribution in [2.75, 3.05) is 0 Å². The molecule has 1 unspecified atom stereocenters. The molecule has 1 atom stereocenters. The van der Waals surface area contributed by atoms with Crippen LogP contribution in [0.3, 0.4) is 0 Å². The molecule has 1 amide bonds. The number of rotatable bonds is 4. The third kappa shape index (κ3) is 3.23. The minimum atomic E-state index is 0.207. The number of carbonyl (C=O) groups is 1. The lowest BCUT2D eigenvalue weighted by Gasteiger charge is -2.47. The Morgan fingerprint density at radius 2 is 1.88 bits per heavy atom. The van der Waals surface area contributed by atoms with Crippen molar-refractivity contribution in [2.45, 2.75) is 72.8 Å². The second-order valence-electron chi connectivity index (χ2n) is 6.26. The van der Waals surface area contributed by atoms with Crippen LogP contribution in [0, 0.1) is 17.3 Å². The normalized spacial score (nSPS) is 24.1. The van der Waals surface area contributed by atoms with Crippen LogP contribution in [0.4, 0.5) is 0 Å². The van der Waals surface area contributed by atoms with E-state index >= 15 is 0 Å². The van der Waals surface area contributed by atoms with E-state index in [4.69, 9.17) is 0 Å². The van der Waals surface area contributed by atoms with Crippen molar-refractivity contribution in [1.29, 1.82) is 0 Å². The molecule has 1 rings (SSSR count). The summed E-state index contributed by atoms with van der Waals surface area (Å²) in [6.07, 6.45) is 5.50. The summed E-state index contributed by atoms with van der Waals surface area (Å²) in [4.78, 5) is 11.5. The van der Waals surface area contributed by atoms with Gasteiger partial charge in [-0.3, -0.25) is 4.79 Å². The Labute approximate surface area is 107 Å². The van der Waals surface area contributed by atoms with E-state index in [0.717, 1.165) is 12.8 Å². The predicted molar refractivity (Wildman–Crippen MR) is 72.8 cm³/mol. The van der Waals surface area contributed by atoms with Gasteiger partial charge in [-0.25, -0.2) is 0 Å². The highest BCUT2D eigenvalue weighted by Gasteiger charge is 2.41. The van der Waals surface area contributed by atoms with Crippen molar-refractivity contribution in [3.63, 3.8) is 0 Å². The SMILES string of the molecule is CCC(=O)NC1CCCC(C(C)C)(C(C)C)C1. The van der Waals surface area contributed by atoms with E-state index in [2.05, 4.69) is 33.0 Å². The Bertz CT molecular complexity index is 250. The van der Waals surface area contributed by atoms with Gasteiger partial charge in [0.15, 0.2) is 0 Å². The van der Waals surface area contributed by atoms with Gasteiger partial charge in [0.2, 0.25) is 5.91 Å². The van der Waals surface area contributed by atoms with Gasteiger partial charge in [-0.15, -0.1) is 0 Å². The zero-order valence-electron chi connectivity index (χ0n) is 12.2. The summed E-state index contributed by atoms with van der Waals surface area (Å²) >= 11 is 0. The molecule has 1 saturated carbocycles. The van der Waals surface area contributed by atoms with Crippen molar-refractivity contribution in [3.8, 4) is 0 Å². The second kappa shape index (κ2) is 5.88. The molecule has 0 spiro atoms. The average Bonchev–Trinajstić information content (AvgIpc) is 2.28. The molecule has 0 aromatic rings. The van der Waals surface area contributed by atoms with Gasteiger partial charge in [0.1, 0.15) is 0 Å². The molecule has 2 heteroatoms. The standard InChI is InChI=1S/C15H29NO/c1-6-14(17)16-13-8-7-9-15(10-13,11(2)3)12(4)5/h11-13H,6-10H2,1-5H3,(H,16,17). The third-order valence-corrected chi connectivity index (χ3v) is 4.81. The summed E-state index contributed by atoms with van der Waals surface area (Å²) in [6, 6.07) is 0.404. The van der Waals surface area contributed by atoms with E-state index in [1.165, 1.54) is 12.8 Å². The van der Waals surface area contributed by atoms with Crippen LogP contribution in [0.15, 0.2) is 0 Å². The molecule has 17 heavy (non-hydrogen) atoms. The zero-order valence-corrected chi connectivity index (χ0v) is 12.2. The number of hydrogen-bond acceptors (Lipinski definition) is 1. The first kappa shape index (κ1) is 14.5. The summed E-state index contributed by atoms with van der Waals surface area (Å²) in [6.45, 7) is 11.3. The van der Waals surface area contributed by atoms with Gasteiger partial charge < -0.3 is 5.32 Å². The van der Waals surface area contributed by atoms with E-state index in [1.54, 1.807) is 0 Å². The zero-order chi connectivity index (χ0) is 13.1. The predicted octanol–water partition coefficient (Wildman–Crippen LogP) is 3.75. The molecule has 1 aliphatic carbocycles. The lowest BCUT2D eigenvalue weighted by atomic mass is 9.60. The fraction of sp³-hybridized carbons (Fsp3) is 0.933. The lowest BCUT2D eigenvalue weighted by molar-refractivity contribution is -0.122. The summed E-state index contributed by atoms with van der Waals surface area (Å²) in [5.41, 5.74) is 0.421. The van der Waals surface area contributed by atoms with Crippen LogP contribution >= 0.6 is 0 Å². The van der Waals surface area contributed by atoms with Gasteiger partial charge in [0.05, 0.1) is 0 Å². The first-order valence-electron chi connectivity index (χ1n) is 7.21. The van der Waals surface area contributed by atoms with Gasteiger partial charge >= 0.3 is 0 Å². The van der Waals surface area contributed by atoms with E-state index in [1.807, 2.05) is 6.92 Å². The van der Waals surface area contributed by atoms with E-state index in [0.29, 0.717) is 29.7 Å². The smallest absolute Gasteiger partial charge is 0.219 e. The molecule has 0 radical (unpaired) electrons. The second-order valence-corrected chi connectivity index (χ2v) is 6.26. The van der Waals surface area contributed by atoms with Crippen molar-refractivity contribution in [2.24, 2.45) is 17.3 Å². The monoisotopic (exact) mass is 239 g/mol. The van der Waals surface area contributed by atoms with E-state index < -0.39 is 0 Å². The van der Waals surface area contributed by atoms with Gasteiger partial charge in [0.25, 0.3) is 0 Å². The Balaban J connectivity index is 2.72. The van der Waals surface area contributed by atoms with Crippen molar-refractivity contribution in [1.82, 2.24) is 5.32 Å². The number of nitrogens with one attached hydrogen (secondary N) is 1. The molecule has 1 fully saturated rings. The minimum absolute atomic E-state index is 0.207. The molecule has 1 N–H and O–H groups in total. The van der Waals surface area contributed by atoms with Crippen molar-refractivity contribution in [3.05, 3.63) is 0 Å². The Morgan fingerprint density at radius 1 is 1.29 bits per heavy atom. The number of carbonyl (C=O) groups excluding carboxylic acids is 1. The topological polar surface area (TPSA) is 29.1 Å². The summed E-state index contributed by atoms with van der Waals surface area (Å²) < 4.78 is 0. The summed E-state index contributed by atoms with van der Waals surface area (Å²) in [5.74, 6) is 1.60. The van der Waals surface area contributed by atoms with E-state index in [-0.39, 0.29) is 5.91 Å². The molecule has 0 saturated heterocycles. The quantitative estimate of drug-likeness (QED) is 0.795. The fourth-order valence-corrected chi connectivity index (χ4v) is 3.51. The molecule has 1 aliphatic rings. The van der Waals surface area contributed by atoms with Crippen LogP contribution in [0.1, 0.15) is 66.7 Å². The van der Waals surface area contributed by atoms with Crippen LogP contribution in [-0.2, 0) is 4.79 Å². The molecular formula is C15H29NO. The maximum atomic E-state index is 11.5. The highest BCUT2D eigenvalue weighted by Crippen LogP contribution is 2.48. The van der Waals surface area contributed by atoms with E-state index in [9.17, 15) is 4.79 Å². The Kier molecular flexibility index (Phi) is 5.03. The molecule has 0 aromatic heterocycles. The van der Waals surface area contributed by atoms with Crippen molar-refractivity contribution >= 4 is 5.91 Å². The minimum Gasteiger partial charge on any atom is -0.353 e. The maximum absolute atomic E-state index is 11.5. The van der Waals surface area contributed by atoms with Crippen LogP contribution in [-0.4, -0.2) is 11.9 Å². The first-order valence-corrected chi connectivity index (χ1v) is 7.21. The van der Waals surface area contributed by atoms with Crippen molar-refractivity contribution < 1.29 is 4.79 Å². The lowest BCUT2D eigenvalue weighted by Crippen LogP contribution is -2.46. The molecule has 0 heterocycles. The largest absolute Gasteiger partial charge is 0.353 e. The Hall–Kier alpha value is -0.530. The highest BCUT2D eigenvalue weighted by molar-refractivity contribution is 5.75. The van der Waals surface area contributed by atoms with Crippen LogP contribution < -0.4 is 5.32 Å². The summed E-state index contributed by atoms with van der Waals surface area (Å²) in [5, 5.41) is 3.19. The van der Waals surface area contributed by atoms with Crippen LogP contribution in [0.25, 0.3) is 0 Å². The Morgan fingerprint density at radius 3 is 2.35 bits per heavy atom. The van der Waals surface area contributed by atoms with Gasteiger partial charge in [-0.05, 0) is 36.5 Å². The first-order chi connectivity index (χ1) is 7.92. The molecular weight excluding hydrogens is 210 g/mol. The van der Waals surface area contributed by atoms with Gasteiger partial charge in [-0.1, -0.05) is 41.0 Å². The molecule has 100 valence electrons. The average molecular weight is 239 g/mol. The van der Waals surface area contributed by atoms with Crippen LogP contribution in [0.2, 0.25) is 0 Å². The molecule has 0 aromatic carbocycles. The van der Waals surface area contributed by atoms with Crippen LogP contribution in [0.5, 0.6) is 0 Å². The fourth-order valence-electron chi connectivity index (χ4n) is 3.51. The maximum Gasteiger partial charge on any atom is 0.219 e. The van der Waals surface area contributed by atoms with Gasteiger partial charge in [0, 0.05) is 12.5 Å². The molecule has 0 aliphatic heterocycles. The number of amides is 1. The highest BCUT2D eigenvalue weighted by atomic mass is 16.1. The van der Waals surface area contributed by atoms with Gasteiger partial charge in [-0.2, -0.15) is 0 Å². The molecule has 0 bridgehead atoms. The number of hydrogen-bond donors (Lipinski definition) is 1. The summed E-state index contributed by atoms with van der Waals surface area (Å²) in [7, 11) is 0. The molecule has 2 nitrogen and oxygen atoms in total. The third-order valence-electron chi connectivity index (χ3n) is 4.81.